The molecule has 1 amide bonds. The molecule has 0 atom stereocenters. The number of pyridine rings is 1. The number of carboxylic acids is 1. The van der Waals surface area contributed by atoms with E-state index in [0.717, 1.165) is 5.56 Å². The number of nitrogens with zero attached hydrogens (tertiary/aromatic N) is 1. The first-order valence-corrected chi connectivity index (χ1v) is 7.06. The van der Waals surface area contributed by atoms with Crippen molar-refractivity contribution in [3.63, 3.8) is 0 Å². The Labute approximate surface area is 132 Å². The number of anilines is 1. The third-order valence-corrected chi connectivity index (χ3v) is 3.45. The number of aromatic carboxylic acids is 1. The minimum atomic E-state index is -0.986. The summed E-state index contributed by atoms with van der Waals surface area (Å²) in [6, 6.07) is 15.8. The molecule has 0 saturated heterocycles. The zero-order valence-electron chi connectivity index (χ0n) is 12.4. The molecule has 0 radical (unpaired) electrons. The molecule has 2 N–H and O–H groups in total. The Bertz CT molecular complexity index is 902. The molecule has 3 aromatic rings. The lowest BCUT2D eigenvalue weighted by Gasteiger charge is -2.08. The van der Waals surface area contributed by atoms with Crippen LogP contribution in [0, 0.1) is 0 Å². The quantitative estimate of drug-likeness (QED) is 0.775. The normalized spacial score (nSPS) is 10.5. The zero-order chi connectivity index (χ0) is 16.4. The summed E-state index contributed by atoms with van der Waals surface area (Å²) in [5.74, 6) is -1.13. The highest BCUT2D eigenvalue weighted by atomic mass is 16.4. The highest BCUT2D eigenvalue weighted by molar-refractivity contribution is 6.03. The molecular formula is C18H14N2O3. The molecule has 0 fully saturated rings. The van der Waals surface area contributed by atoms with E-state index in [1.165, 1.54) is 6.92 Å². The lowest BCUT2D eigenvalue weighted by atomic mass is 10.0. The number of carbonyl (C=O) groups is 2. The second kappa shape index (κ2) is 5.88. The molecule has 3 rings (SSSR count). The van der Waals surface area contributed by atoms with Crippen molar-refractivity contribution in [1.29, 1.82) is 0 Å². The monoisotopic (exact) mass is 306 g/mol. The second-order valence-electron chi connectivity index (χ2n) is 5.14. The average Bonchev–Trinajstić information content (AvgIpc) is 2.54. The van der Waals surface area contributed by atoms with Gasteiger partial charge in [-0.1, -0.05) is 30.3 Å². The standard InChI is InChI=1S/C18H14N2O3/c1-11(21)19-13-8-6-12(7-9-13)17-10-15(18(22)23)14-4-2-3-5-16(14)20-17/h2-10H,1H3,(H,19,21)(H,22,23). The highest BCUT2D eigenvalue weighted by Gasteiger charge is 2.12. The number of rotatable bonds is 3. The van der Waals surface area contributed by atoms with Crippen molar-refractivity contribution in [2.45, 2.75) is 6.92 Å². The molecule has 0 spiro atoms. The van der Waals surface area contributed by atoms with Gasteiger partial charge in [0, 0.05) is 23.6 Å². The van der Waals surface area contributed by atoms with E-state index in [9.17, 15) is 14.7 Å². The van der Waals surface area contributed by atoms with Gasteiger partial charge in [-0.2, -0.15) is 0 Å². The van der Waals surface area contributed by atoms with E-state index in [2.05, 4.69) is 10.3 Å². The number of nitrogens with one attached hydrogen (secondary N) is 1. The van der Waals surface area contributed by atoms with Gasteiger partial charge >= 0.3 is 5.97 Å². The van der Waals surface area contributed by atoms with Crippen LogP contribution in [-0.2, 0) is 4.79 Å². The smallest absolute Gasteiger partial charge is 0.336 e. The van der Waals surface area contributed by atoms with E-state index in [1.807, 2.05) is 6.07 Å². The van der Waals surface area contributed by atoms with Crippen molar-refractivity contribution in [3.8, 4) is 11.3 Å². The molecule has 0 saturated carbocycles. The maximum atomic E-state index is 11.5. The first kappa shape index (κ1) is 14.7. The molecule has 2 aromatic carbocycles. The van der Waals surface area contributed by atoms with E-state index >= 15 is 0 Å². The Hall–Kier alpha value is -3.21. The van der Waals surface area contributed by atoms with E-state index in [0.29, 0.717) is 22.3 Å². The minimum absolute atomic E-state index is 0.144. The summed E-state index contributed by atoms with van der Waals surface area (Å²) in [6.45, 7) is 1.44. The van der Waals surface area contributed by atoms with Crippen LogP contribution < -0.4 is 5.32 Å². The molecule has 0 aliphatic rings. The summed E-state index contributed by atoms with van der Waals surface area (Å²) in [7, 11) is 0. The van der Waals surface area contributed by atoms with E-state index < -0.39 is 5.97 Å². The van der Waals surface area contributed by atoms with Gasteiger partial charge in [0.25, 0.3) is 0 Å². The van der Waals surface area contributed by atoms with Crippen molar-refractivity contribution in [3.05, 3.63) is 60.2 Å². The largest absolute Gasteiger partial charge is 0.478 e. The summed E-state index contributed by atoms with van der Waals surface area (Å²) >= 11 is 0. The Morgan fingerprint density at radius 2 is 1.74 bits per heavy atom. The van der Waals surface area contributed by atoms with Crippen LogP contribution in [0.5, 0.6) is 0 Å². The van der Waals surface area contributed by atoms with Gasteiger partial charge in [-0.15, -0.1) is 0 Å². The van der Waals surface area contributed by atoms with Crippen molar-refractivity contribution >= 4 is 28.5 Å². The third-order valence-electron chi connectivity index (χ3n) is 3.45. The fraction of sp³-hybridized carbons (Fsp3) is 0.0556. The molecular weight excluding hydrogens is 292 g/mol. The molecule has 0 aliphatic heterocycles. The van der Waals surface area contributed by atoms with Crippen LogP contribution in [0.25, 0.3) is 22.2 Å². The van der Waals surface area contributed by atoms with Crippen molar-refractivity contribution < 1.29 is 14.7 Å². The van der Waals surface area contributed by atoms with Gasteiger partial charge < -0.3 is 10.4 Å². The first-order valence-electron chi connectivity index (χ1n) is 7.06. The summed E-state index contributed by atoms with van der Waals surface area (Å²) in [6.07, 6.45) is 0. The van der Waals surface area contributed by atoms with Gasteiger partial charge in [-0.05, 0) is 24.3 Å². The molecule has 5 heteroatoms. The lowest BCUT2D eigenvalue weighted by Crippen LogP contribution is -2.05. The van der Waals surface area contributed by atoms with Crippen LogP contribution in [0.1, 0.15) is 17.3 Å². The number of carbonyl (C=O) groups excluding carboxylic acids is 1. The van der Waals surface area contributed by atoms with Crippen LogP contribution >= 0.6 is 0 Å². The molecule has 1 aromatic heterocycles. The predicted octanol–water partition coefficient (Wildman–Crippen LogP) is 3.56. The van der Waals surface area contributed by atoms with Crippen molar-refractivity contribution in [2.75, 3.05) is 5.32 Å². The maximum Gasteiger partial charge on any atom is 0.336 e. The molecule has 0 unspecified atom stereocenters. The second-order valence-corrected chi connectivity index (χ2v) is 5.14. The van der Waals surface area contributed by atoms with Crippen LogP contribution in [-0.4, -0.2) is 22.0 Å². The fourth-order valence-electron chi connectivity index (χ4n) is 2.43. The van der Waals surface area contributed by atoms with Gasteiger partial charge in [0.05, 0.1) is 16.8 Å². The van der Waals surface area contributed by atoms with Gasteiger partial charge in [0.15, 0.2) is 0 Å². The molecule has 0 aliphatic carbocycles. The molecule has 5 nitrogen and oxygen atoms in total. The lowest BCUT2D eigenvalue weighted by molar-refractivity contribution is -0.114. The van der Waals surface area contributed by atoms with E-state index in [4.69, 9.17) is 0 Å². The zero-order valence-corrected chi connectivity index (χ0v) is 12.4. The Morgan fingerprint density at radius 3 is 2.39 bits per heavy atom. The number of fused-ring (bicyclic) bond motifs is 1. The van der Waals surface area contributed by atoms with Gasteiger partial charge in [-0.25, -0.2) is 9.78 Å². The maximum absolute atomic E-state index is 11.5. The van der Waals surface area contributed by atoms with Crippen molar-refractivity contribution in [1.82, 2.24) is 4.98 Å². The van der Waals surface area contributed by atoms with Crippen LogP contribution in [0.4, 0.5) is 5.69 Å². The van der Waals surface area contributed by atoms with E-state index in [1.54, 1.807) is 48.5 Å². The number of hydrogen-bond donors (Lipinski definition) is 2. The Kier molecular flexibility index (Phi) is 3.76. The summed E-state index contributed by atoms with van der Waals surface area (Å²) in [5, 5.41) is 12.7. The third kappa shape index (κ3) is 3.03. The van der Waals surface area contributed by atoms with E-state index in [-0.39, 0.29) is 11.5 Å². The molecule has 114 valence electrons. The predicted molar refractivity (Wildman–Crippen MR) is 88.4 cm³/mol. The number of benzene rings is 2. The average molecular weight is 306 g/mol. The topological polar surface area (TPSA) is 79.3 Å². The Morgan fingerprint density at radius 1 is 1.04 bits per heavy atom. The van der Waals surface area contributed by atoms with Gasteiger partial charge in [0.2, 0.25) is 5.91 Å². The number of carboxylic acid groups (broad SMARTS) is 1. The molecule has 0 bridgehead atoms. The number of amides is 1. The van der Waals surface area contributed by atoms with Gasteiger partial charge in [-0.3, -0.25) is 4.79 Å². The fourth-order valence-corrected chi connectivity index (χ4v) is 2.43. The SMILES string of the molecule is CC(=O)Nc1ccc(-c2cc(C(=O)O)c3ccccc3n2)cc1. The van der Waals surface area contributed by atoms with Crippen LogP contribution in [0.3, 0.4) is 0 Å². The summed E-state index contributed by atoms with van der Waals surface area (Å²) in [5.41, 5.74) is 2.90. The number of aromatic nitrogens is 1. The number of hydrogen-bond acceptors (Lipinski definition) is 3. The van der Waals surface area contributed by atoms with Crippen LogP contribution in [0.2, 0.25) is 0 Å². The van der Waals surface area contributed by atoms with Crippen LogP contribution in [0.15, 0.2) is 54.6 Å². The summed E-state index contributed by atoms with van der Waals surface area (Å²) < 4.78 is 0. The summed E-state index contributed by atoms with van der Waals surface area (Å²) in [4.78, 5) is 27.1. The van der Waals surface area contributed by atoms with Crippen molar-refractivity contribution in [2.24, 2.45) is 0 Å². The number of para-hydroxylation sites is 1. The van der Waals surface area contributed by atoms with Gasteiger partial charge in [0.1, 0.15) is 0 Å². The minimum Gasteiger partial charge on any atom is -0.478 e. The highest BCUT2D eigenvalue weighted by Crippen LogP contribution is 2.25. The Balaban J connectivity index is 2.09. The first-order chi connectivity index (χ1) is 11.0. The molecule has 23 heavy (non-hydrogen) atoms. The molecule has 1 heterocycles.